The molecule has 0 aliphatic heterocycles. The van der Waals surface area contributed by atoms with E-state index in [1.165, 1.54) is 48.3 Å². The number of halogens is 1. The maximum atomic E-state index is 12.3. The third kappa shape index (κ3) is 4.79. The second-order valence-corrected chi connectivity index (χ2v) is 9.62. The molecule has 0 unspecified atom stereocenters. The van der Waals surface area contributed by atoms with Gasteiger partial charge >= 0.3 is 0 Å². The number of pyridine rings is 1. The second kappa shape index (κ2) is 8.44. The summed E-state index contributed by atoms with van der Waals surface area (Å²) >= 11 is 7.25. The van der Waals surface area contributed by atoms with Gasteiger partial charge in [-0.2, -0.15) is 0 Å². The molecule has 0 bridgehead atoms. The highest BCUT2D eigenvalue weighted by Crippen LogP contribution is 2.19. The van der Waals surface area contributed by atoms with E-state index < -0.39 is 10.0 Å². The highest BCUT2D eigenvalue weighted by molar-refractivity contribution is 7.89. The first kappa shape index (κ1) is 20.5. The molecule has 7 nitrogen and oxygen atoms in total. The maximum absolute atomic E-state index is 12.3. The van der Waals surface area contributed by atoms with Gasteiger partial charge in [0.1, 0.15) is 17.4 Å². The van der Waals surface area contributed by atoms with Gasteiger partial charge in [-0.3, -0.25) is 4.79 Å². The van der Waals surface area contributed by atoms with Crippen molar-refractivity contribution >= 4 is 33.0 Å². The smallest absolute Gasteiger partial charge is 0.250 e. The fourth-order valence-corrected chi connectivity index (χ4v) is 4.08. The zero-order chi connectivity index (χ0) is 20.3. The van der Waals surface area contributed by atoms with E-state index in [2.05, 4.69) is 4.98 Å². The summed E-state index contributed by atoms with van der Waals surface area (Å²) in [6, 6.07) is 9.57. The number of sulfonamides is 1. The Morgan fingerprint density at radius 2 is 1.89 bits per heavy atom. The van der Waals surface area contributed by atoms with Crippen LogP contribution in [0.4, 0.5) is 0 Å². The normalized spacial score (nSPS) is 11.7. The van der Waals surface area contributed by atoms with Crippen LogP contribution in [-0.4, -0.2) is 36.4 Å². The minimum atomic E-state index is -3.62. The molecule has 0 aliphatic carbocycles. The zero-order valence-electron chi connectivity index (χ0n) is 15.2. The first-order valence-electron chi connectivity index (χ1n) is 8.20. The van der Waals surface area contributed by atoms with Crippen LogP contribution in [0.1, 0.15) is 10.7 Å². The van der Waals surface area contributed by atoms with Crippen LogP contribution in [-0.2, 0) is 23.2 Å². The van der Waals surface area contributed by atoms with Gasteiger partial charge in [-0.05, 0) is 30.3 Å². The van der Waals surface area contributed by atoms with Crippen LogP contribution in [0.3, 0.4) is 0 Å². The lowest BCUT2D eigenvalue weighted by Crippen LogP contribution is -2.26. The van der Waals surface area contributed by atoms with E-state index in [0.717, 1.165) is 9.31 Å². The number of aromatic nitrogens is 2. The lowest BCUT2D eigenvalue weighted by atomic mass is 10.3. The second-order valence-electron chi connectivity index (χ2n) is 6.09. The number of hydrogen-bond acceptors (Lipinski definition) is 6. The van der Waals surface area contributed by atoms with Crippen LogP contribution in [0.15, 0.2) is 57.7 Å². The van der Waals surface area contributed by atoms with Crippen molar-refractivity contribution in [3.63, 3.8) is 0 Å². The van der Waals surface area contributed by atoms with E-state index >= 15 is 0 Å². The molecular formula is C18H18ClN3O4S2. The Hall–Kier alpha value is -2.20. The van der Waals surface area contributed by atoms with Crippen molar-refractivity contribution in [3.8, 4) is 5.75 Å². The van der Waals surface area contributed by atoms with Crippen molar-refractivity contribution in [3.05, 3.63) is 74.1 Å². The maximum Gasteiger partial charge on any atom is 0.250 e. The molecule has 0 N–H and O–H groups in total. The van der Waals surface area contributed by atoms with Gasteiger partial charge in [-0.1, -0.05) is 11.6 Å². The minimum Gasteiger partial charge on any atom is -0.486 e. The zero-order valence-corrected chi connectivity index (χ0v) is 17.6. The Kier molecular flexibility index (Phi) is 6.19. The third-order valence-corrected chi connectivity index (χ3v) is 6.76. The molecular weight excluding hydrogens is 422 g/mol. The topological polar surface area (TPSA) is 81.5 Å². The highest BCUT2D eigenvalue weighted by Gasteiger charge is 2.18. The molecule has 0 saturated carbocycles. The summed E-state index contributed by atoms with van der Waals surface area (Å²) in [6.45, 7) is 0.462. The van der Waals surface area contributed by atoms with Gasteiger partial charge in [0, 0.05) is 36.8 Å². The predicted octanol–water partition coefficient (Wildman–Crippen LogP) is 2.84. The first-order valence-corrected chi connectivity index (χ1v) is 10.9. The molecule has 0 aliphatic rings. The van der Waals surface area contributed by atoms with Crippen molar-refractivity contribution in [2.75, 3.05) is 14.1 Å². The molecule has 0 spiro atoms. The highest BCUT2D eigenvalue weighted by atomic mass is 35.5. The number of thiazole rings is 1. The van der Waals surface area contributed by atoms with Gasteiger partial charge in [-0.25, -0.2) is 17.7 Å². The van der Waals surface area contributed by atoms with Gasteiger partial charge in [-0.15, -0.1) is 11.3 Å². The lowest BCUT2D eigenvalue weighted by molar-refractivity contribution is 0.305. The minimum absolute atomic E-state index is 0.0543. The molecule has 0 radical (unpaired) electrons. The first-order chi connectivity index (χ1) is 13.3. The van der Waals surface area contributed by atoms with Gasteiger partial charge < -0.3 is 9.30 Å². The quantitative estimate of drug-likeness (QED) is 0.565. The number of nitrogens with zero attached hydrogens (tertiary/aromatic N) is 3. The van der Waals surface area contributed by atoms with Crippen LogP contribution in [0, 0.1) is 0 Å². The van der Waals surface area contributed by atoms with Crippen molar-refractivity contribution in [1.82, 2.24) is 13.9 Å². The monoisotopic (exact) mass is 439 g/mol. The summed E-state index contributed by atoms with van der Waals surface area (Å²) in [5.74, 6) is 0.680. The summed E-state index contributed by atoms with van der Waals surface area (Å²) < 4.78 is 32.6. The van der Waals surface area contributed by atoms with Crippen molar-refractivity contribution in [2.45, 2.75) is 18.0 Å². The Bertz CT molecular complexity index is 1120. The van der Waals surface area contributed by atoms with E-state index in [4.69, 9.17) is 16.3 Å². The molecule has 0 saturated heterocycles. The molecule has 2 aromatic heterocycles. The van der Waals surface area contributed by atoms with E-state index in [9.17, 15) is 13.2 Å². The van der Waals surface area contributed by atoms with Gasteiger partial charge in [0.15, 0.2) is 0 Å². The molecule has 3 rings (SSSR count). The molecule has 2 heterocycles. The van der Waals surface area contributed by atoms with E-state index in [-0.39, 0.29) is 23.6 Å². The fraction of sp³-hybridized carbons (Fsp3) is 0.222. The molecule has 1 aromatic carbocycles. The van der Waals surface area contributed by atoms with E-state index in [1.807, 2.05) is 5.38 Å². The van der Waals surface area contributed by atoms with Crippen LogP contribution in [0.2, 0.25) is 5.02 Å². The Balaban J connectivity index is 1.73. The third-order valence-electron chi connectivity index (χ3n) is 3.84. The van der Waals surface area contributed by atoms with E-state index in [1.54, 1.807) is 24.3 Å². The molecule has 148 valence electrons. The summed E-state index contributed by atoms with van der Waals surface area (Å²) in [4.78, 5) is 16.6. The summed E-state index contributed by atoms with van der Waals surface area (Å²) in [5.41, 5.74) is 0.353. The van der Waals surface area contributed by atoms with Crippen LogP contribution < -0.4 is 10.3 Å². The summed E-state index contributed by atoms with van der Waals surface area (Å²) in [7, 11) is -0.734. The molecule has 10 heteroatoms. The predicted molar refractivity (Wildman–Crippen MR) is 109 cm³/mol. The largest absolute Gasteiger partial charge is 0.486 e. The molecule has 0 fully saturated rings. The fourth-order valence-electron chi connectivity index (χ4n) is 2.33. The van der Waals surface area contributed by atoms with Crippen molar-refractivity contribution < 1.29 is 13.2 Å². The number of benzene rings is 1. The summed E-state index contributed by atoms with van der Waals surface area (Å²) in [5, 5.41) is 3.20. The standard InChI is InChI=1S/C18H18ClN3O4S2/c1-21(2)28(24,25)16-7-8-18(23)22(10-16)9-14-12-27-17(20-14)11-26-15-5-3-13(19)4-6-15/h3-8,10,12H,9,11H2,1-2H3. The number of hydrogen-bond donors (Lipinski definition) is 0. The molecule has 0 amide bonds. The lowest BCUT2D eigenvalue weighted by Gasteiger charge is -2.12. The SMILES string of the molecule is CN(C)S(=O)(=O)c1ccc(=O)n(Cc2csc(COc3ccc(Cl)cc3)n2)c1. The van der Waals surface area contributed by atoms with Crippen LogP contribution in [0.5, 0.6) is 5.75 Å². The molecule has 28 heavy (non-hydrogen) atoms. The van der Waals surface area contributed by atoms with Gasteiger partial charge in [0.25, 0.3) is 5.56 Å². The average molecular weight is 440 g/mol. The van der Waals surface area contributed by atoms with E-state index in [0.29, 0.717) is 16.5 Å². The van der Waals surface area contributed by atoms with Crippen molar-refractivity contribution in [2.24, 2.45) is 0 Å². The summed E-state index contributed by atoms with van der Waals surface area (Å²) in [6.07, 6.45) is 1.33. The van der Waals surface area contributed by atoms with Gasteiger partial charge in [0.2, 0.25) is 10.0 Å². The number of ether oxygens (including phenoxy) is 1. The molecule has 3 aromatic rings. The Labute approximate surface area is 171 Å². The van der Waals surface area contributed by atoms with Crippen LogP contribution >= 0.6 is 22.9 Å². The average Bonchev–Trinajstić information content (AvgIpc) is 3.10. The Morgan fingerprint density at radius 3 is 2.57 bits per heavy atom. The van der Waals surface area contributed by atoms with Gasteiger partial charge in [0.05, 0.1) is 17.1 Å². The number of rotatable bonds is 7. The Morgan fingerprint density at radius 1 is 1.18 bits per heavy atom. The van der Waals surface area contributed by atoms with Crippen molar-refractivity contribution in [1.29, 1.82) is 0 Å². The van der Waals surface area contributed by atoms with Crippen LogP contribution in [0.25, 0.3) is 0 Å². The molecule has 0 atom stereocenters.